The largest absolute Gasteiger partial charge is 0.491 e. The van der Waals surface area contributed by atoms with E-state index in [2.05, 4.69) is 4.90 Å². The predicted molar refractivity (Wildman–Crippen MR) is 73.4 cm³/mol. The van der Waals surface area contributed by atoms with Crippen molar-refractivity contribution in [3.05, 3.63) is 29.3 Å². The molecule has 1 saturated heterocycles. The Bertz CT molecular complexity index is 336. The molecule has 0 saturated carbocycles. The lowest BCUT2D eigenvalue weighted by atomic mass is 10.3. The summed E-state index contributed by atoms with van der Waals surface area (Å²) < 4.78 is 11.1. The Kier molecular flexibility index (Phi) is 5.78. The lowest BCUT2D eigenvalue weighted by Crippen LogP contribution is -2.24. The van der Waals surface area contributed by atoms with Crippen molar-refractivity contribution in [2.24, 2.45) is 0 Å². The van der Waals surface area contributed by atoms with Gasteiger partial charge in [-0.2, -0.15) is 0 Å². The van der Waals surface area contributed by atoms with E-state index >= 15 is 0 Å². The van der Waals surface area contributed by atoms with Gasteiger partial charge in [-0.3, -0.25) is 0 Å². The van der Waals surface area contributed by atoms with Gasteiger partial charge in [-0.05, 0) is 50.2 Å². The van der Waals surface area contributed by atoms with Gasteiger partial charge in [0.15, 0.2) is 0 Å². The first-order chi connectivity index (χ1) is 8.84. The van der Waals surface area contributed by atoms with Crippen molar-refractivity contribution in [2.75, 3.05) is 39.5 Å². The van der Waals surface area contributed by atoms with Crippen molar-refractivity contribution in [1.29, 1.82) is 0 Å². The Balaban J connectivity index is 1.49. The van der Waals surface area contributed by atoms with Crippen LogP contribution in [0.5, 0.6) is 5.75 Å². The molecule has 1 aromatic carbocycles. The molecule has 0 unspecified atom stereocenters. The number of likely N-dealkylation sites (tertiary alicyclic amines) is 1. The zero-order chi connectivity index (χ0) is 12.6. The SMILES string of the molecule is Clc1ccc(OCCOCCN2CCCC2)cc1. The number of halogens is 1. The van der Waals surface area contributed by atoms with Crippen molar-refractivity contribution in [3.63, 3.8) is 0 Å². The Morgan fingerprint density at radius 2 is 1.72 bits per heavy atom. The summed E-state index contributed by atoms with van der Waals surface area (Å²) in [5.41, 5.74) is 0. The summed E-state index contributed by atoms with van der Waals surface area (Å²) in [5.74, 6) is 0.836. The number of hydrogen-bond acceptors (Lipinski definition) is 3. The van der Waals surface area contributed by atoms with E-state index in [1.54, 1.807) is 0 Å². The summed E-state index contributed by atoms with van der Waals surface area (Å²) >= 11 is 5.79. The van der Waals surface area contributed by atoms with Crippen LogP contribution in [-0.2, 0) is 4.74 Å². The number of rotatable bonds is 7. The molecule has 1 heterocycles. The van der Waals surface area contributed by atoms with Crippen LogP contribution in [0.1, 0.15) is 12.8 Å². The Hall–Kier alpha value is -0.770. The van der Waals surface area contributed by atoms with E-state index in [0.717, 1.165) is 23.9 Å². The molecule has 0 aliphatic carbocycles. The molecule has 18 heavy (non-hydrogen) atoms. The van der Waals surface area contributed by atoms with Crippen molar-refractivity contribution >= 4 is 11.6 Å². The van der Waals surface area contributed by atoms with Crippen LogP contribution >= 0.6 is 11.6 Å². The summed E-state index contributed by atoms with van der Waals surface area (Å²) in [6, 6.07) is 7.38. The first kappa shape index (κ1) is 13.7. The molecular formula is C14H20ClNO2. The van der Waals surface area contributed by atoms with Crippen molar-refractivity contribution in [1.82, 2.24) is 4.90 Å². The van der Waals surface area contributed by atoms with Crippen molar-refractivity contribution in [3.8, 4) is 5.75 Å². The molecule has 0 amide bonds. The molecule has 0 atom stereocenters. The second kappa shape index (κ2) is 7.62. The zero-order valence-electron chi connectivity index (χ0n) is 10.6. The zero-order valence-corrected chi connectivity index (χ0v) is 11.4. The highest BCUT2D eigenvalue weighted by Gasteiger charge is 2.10. The van der Waals surface area contributed by atoms with Gasteiger partial charge < -0.3 is 14.4 Å². The highest BCUT2D eigenvalue weighted by Crippen LogP contribution is 2.15. The van der Waals surface area contributed by atoms with E-state index in [1.165, 1.54) is 25.9 Å². The maximum atomic E-state index is 5.79. The third kappa shape index (κ3) is 4.84. The first-order valence-corrected chi connectivity index (χ1v) is 6.91. The Labute approximate surface area is 114 Å². The third-order valence-corrected chi connectivity index (χ3v) is 3.31. The van der Waals surface area contributed by atoms with Crippen LogP contribution in [0.25, 0.3) is 0 Å². The molecule has 1 aromatic rings. The molecule has 3 nitrogen and oxygen atoms in total. The van der Waals surface area contributed by atoms with Crippen LogP contribution in [0, 0.1) is 0 Å². The molecule has 0 bridgehead atoms. The normalized spacial score (nSPS) is 16.1. The van der Waals surface area contributed by atoms with E-state index in [0.29, 0.717) is 13.2 Å². The van der Waals surface area contributed by atoms with E-state index in [1.807, 2.05) is 24.3 Å². The summed E-state index contributed by atoms with van der Waals surface area (Å²) in [5, 5.41) is 0.726. The molecule has 0 spiro atoms. The number of hydrogen-bond donors (Lipinski definition) is 0. The Morgan fingerprint density at radius 1 is 1.00 bits per heavy atom. The average Bonchev–Trinajstić information content (AvgIpc) is 2.89. The molecule has 4 heteroatoms. The predicted octanol–water partition coefficient (Wildman–Crippen LogP) is 2.83. The Morgan fingerprint density at radius 3 is 2.44 bits per heavy atom. The highest BCUT2D eigenvalue weighted by atomic mass is 35.5. The molecule has 100 valence electrons. The summed E-state index contributed by atoms with van der Waals surface area (Å²) in [4.78, 5) is 2.44. The number of ether oxygens (including phenoxy) is 2. The lowest BCUT2D eigenvalue weighted by molar-refractivity contribution is 0.0846. The smallest absolute Gasteiger partial charge is 0.119 e. The minimum absolute atomic E-state index is 0.585. The average molecular weight is 270 g/mol. The number of benzene rings is 1. The van der Waals surface area contributed by atoms with E-state index in [4.69, 9.17) is 21.1 Å². The highest BCUT2D eigenvalue weighted by molar-refractivity contribution is 6.30. The van der Waals surface area contributed by atoms with Gasteiger partial charge in [0, 0.05) is 11.6 Å². The number of nitrogens with zero attached hydrogens (tertiary/aromatic N) is 1. The monoisotopic (exact) mass is 269 g/mol. The standard InChI is InChI=1S/C14H20ClNO2/c15-13-3-5-14(6-4-13)18-12-11-17-10-9-16-7-1-2-8-16/h3-6H,1-2,7-12H2. The third-order valence-electron chi connectivity index (χ3n) is 3.06. The van der Waals surface area contributed by atoms with Gasteiger partial charge >= 0.3 is 0 Å². The maximum absolute atomic E-state index is 5.79. The second-order valence-corrected chi connectivity index (χ2v) is 4.90. The van der Waals surface area contributed by atoms with Crippen LogP contribution in [0.3, 0.4) is 0 Å². The van der Waals surface area contributed by atoms with Gasteiger partial charge in [-0.1, -0.05) is 11.6 Å². The molecule has 1 aliphatic heterocycles. The minimum Gasteiger partial charge on any atom is -0.491 e. The minimum atomic E-state index is 0.585. The van der Waals surface area contributed by atoms with Crippen molar-refractivity contribution < 1.29 is 9.47 Å². The molecule has 2 rings (SSSR count). The van der Waals surface area contributed by atoms with Gasteiger partial charge in [0.05, 0.1) is 13.2 Å². The van der Waals surface area contributed by atoms with Crippen LogP contribution in [0.2, 0.25) is 5.02 Å². The molecule has 1 aliphatic rings. The van der Waals surface area contributed by atoms with Gasteiger partial charge in [0.25, 0.3) is 0 Å². The van der Waals surface area contributed by atoms with Crippen LogP contribution in [0.15, 0.2) is 24.3 Å². The first-order valence-electron chi connectivity index (χ1n) is 6.53. The van der Waals surface area contributed by atoms with E-state index in [9.17, 15) is 0 Å². The van der Waals surface area contributed by atoms with Crippen molar-refractivity contribution in [2.45, 2.75) is 12.8 Å². The fourth-order valence-corrected chi connectivity index (χ4v) is 2.18. The molecule has 0 radical (unpaired) electrons. The lowest BCUT2D eigenvalue weighted by Gasteiger charge is -2.14. The van der Waals surface area contributed by atoms with Crippen LogP contribution in [-0.4, -0.2) is 44.4 Å². The second-order valence-electron chi connectivity index (χ2n) is 4.46. The van der Waals surface area contributed by atoms with Gasteiger partial charge in [0.2, 0.25) is 0 Å². The van der Waals surface area contributed by atoms with Gasteiger partial charge in [-0.15, -0.1) is 0 Å². The molecule has 0 N–H and O–H groups in total. The summed E-state index contributed by atoms with van der Waals surface area (Å²) in [6.45, 7) is 5.51. The van der Waals surface area contributed by atoms with Crippen LogP contribution < -0.4 is 4.74 Å². The van der Waals surface area contributed by atoms with Gasteiger partial charge in [0.1, 0.15) is 12.4 Å². The summed E-state index contributed by atoms with van der Waals surface area (Å²) in [7, 11) is 0. The van der Waals surface area contributed by atoms with E-state index < -0.39 is 0 Å². The van der Waals surface area contributed by atoms with Crippen LogP contribution in [0.4, 0.5) is 0 Å². The summed E-state index contributed by atoms with van der Waals surface area (Å²) in [6.07, 6.45) is 2.67. The molecule has 1 fully saturated rings. The van der Waals surface area contributed by atoms with Gasteiger partial charge in [-0.25, -0.2) is 0 Å². The molecular weight excluding hydrogens is 250 g/mol. The molecule has 0 aromatic heterocycles. The topological polar surface area (TPSA) is 21.7 Å². The maximum Gasteiger partial charge on any atom is 0.119 e. The fourth-order valence-electron chi connectivity index (χ4n) is 2.05. The quantitative estimate of drug-likeness (QED) is 0.711. The fraction of sp³-hybridized carbons (Fsp3) is 0.571. The van der Waals surface area contributed by atoms with E-state index in [-0.39, 0.29) is 0 Å².